The molecule has 0 aliphatic rings. The van der Waals surface area contributed by atoms with Gasteiger partial charge in [-0.15, -0.1) is 0 Å². The van der Waals surface area contributed by atoms with Crippen molar-refractivity contribution in [2.24, 2.45) is 5.73 Å². The molecular formula is C22H19ClN4O3. The third kappa shape index (κ3) is 4.62. The Balaban J connectivity index is 2.11. The molecule has 7 nitrogen and oxygen atoms in total. The second-order valence-electron chi connectivity index (χ2n) is 6.36. The van der Waals surface area contributed by atoms with Gasteiger partial charge in [-0.1, -0.05) is 23.7 Å². The number of amides is 1. The molecule has 2 aromatic carbocycles. The number of nitrogens with two attached hydrogens (primary N) is 1. The van der Waals surface area contributed by atoms with Crippen molar-refractivity contribution in [2.45, 2.75) is 6.54 Å². The number of aromatic nitrogens is 2. The van der Waals surface area contributed by atoms with Crippen molar-refractivity contribution >= 4 is 23.6 Å². The lowest BCUT2D eigenvalue weighted by Crippen LogP contribution is -2.12. The second kappa shape index (κ2) is 9.16. The summed E-state index contributed by atoms with van der Waals surface area (Å²) in [4.78, 5) is 11.6. The van der Waals surface area contributed by atoms with Crippen LogP contribution in [0.1, 0.15) is 11.1 Å². The molecule has 0 saturated carbocycles. The van der Waals surface area contributed by atoms with E-state index in [0.29, 0.717) is 34.3 Å². The van der Waals surface area contributed by atoms with Gasteiger partial charge in [0.25, 0.3) is 5.91 Å². The van der Waals surface area contributed by atoms with Gasteiger partial charge in [-0.05, 0) is 42.0 Å². The van der Waals surface area contributed by atoms with Crippen LogP contribution in [-0.2, 0) is 11.3 Å². The molecule has 0 unspecified atom stereocenters. The van der Waals surface area contributed by atoms with Gasteiger partial charge >= 0.3 is 0 Å². The summed E-state index contributed by atoms with van der Waals surface area (Å²) in [7, 11) is 3.10. The summed E-state index contributed by atoms with van der Waals surface area (Å²) < 4.78 is 12.4. The number of rotatable bonds is 7. The molecule has 2 N–H and O–H groups in total. The number of carbonyl (C=O) groups is 1. The van der Waals surface area contributed by atoms with Crippen LogP contribution in [0.15, 0.2) is 54.2 Å². The highest BCUT2D eigenvalue weighted by molar-refractivity contribution is 6.30. The summed E-state index contributed by atoms with van der Waals surface area (Å²) in [6.45, 7) is 0.452. The highest BCUT2D eigenvalue weighted by Crippen LogP contribution is 2.33. The number of nitriles is 1. The van der Waals surface area contributed by atoms with E-state index in [2.05, 4.69) is 5.10 Å². The molecule has 1 amide bonds. The SMILES string of the molecule is COc1ccc(-c2nn(Cc3cccc(Cl)c3)cc2/C=C(/C#N)C(N)=O)cc1OC. The Morgan fingerprint density at radius 2 is 2.00 bits per heavy atom. The Labute approximate surface area is 178 Å². The molecule has 0 spiro atoms. The predicted octanol–water partition coefficient (Wildman–Crippen LogP) is 3.66. The van der Waals surface area contributed by atoms with Crippen molar-refractivity contribution in [3.8, 4) is 28.8 Å². The number of nitrogens with zero attached hydrogens (tertiary/aromatic N) is 3. The van der Waals surface area contributed by atoms with Gasteiger partial charge in [-0.2, -0.15) is 10.4 Å². The summed E-state index contributed by atoms with van der Waals surface area (Å²) in [5, 5.41) is 14.5. The fourth-order valence-corrected chi connectivity index (χ4v) is 3.18. The highest BCUT2D eigenvalue weighted by Gasteiger charge is 2.15. The maximum Gasteiger partial charge on any atom is 0.259 e. The van der Waals surface area contributed by atoms with E-state index in [-0.39, 0.29) is 5.57 Å². The van der Waals surface area contributed by atoms with Gasteiger partial charge in [0.15, 0.2) is 11.5 Å². The van der Waals surface area contributed by atoms with Gasteiger partial charge in [0.05, 0.1) is 26.5 Å². The van der Waals surface area contributed by atoms with E-state index in [1.165, 1.54) is 6.08 Å². The Kier molecular flexibility index (Phi) is 6.40. The Hall–Kier alpha value is -3.76. The zero-order chi connectivity index (χ0) is 21.7. The van der Waals surface area contributed by atoms with Crippen LogP contribution in [-0.4, -0.2) is 29.9 Å². The molecule has 152 valence electrons. The third-order valence-corrected chi connectivity index (χ3v) is 4.60. The van der Waals surface area contributed by atoms with E-state index in [4.69, 9.17) is 26.8 Å². The lowest BCUT2D eigenvalue weighted by atomic mass is 10.1. The Bertz CT molecular complexity index is 1160. The number of halogens is 1. The summed E-state index contributed by atoms with van der Waals surface area (Å²) in [5.41, 5.74) is 7.95. The number of methoxy groups -OCH3 is 2. The molecular weight excluding hydrogens is 404 g/mol. The molecule has 30 heavy (non-hydrogen) atoms. The number of primary amides is 1. The zero-order valence-corrected chi connectivity index (χ0v) is 17.2. The van der Waals surface area contributed by atoms with Gasteiger partial charge in [0.2, 0.25) is 0 Å². The van der Waals surface area contributed by atoms with Crippen LogP contribution < -0.4 is 15.2 Å². The van der Waals surface area contributed by atoms with Crippen LogP contribution in [0.4, 0.5) is 0 Å². The van der Waals surface area contributed by atoms with Gasteiger partial charge in [0.1, 0.15) is 11.6 Å². The van der Waals surface area contributed by atoms with Crippen molar-refractivity contribution < 1.29 is 14.3 Å². The van der Waals surface area contributed by atoms with Crippen molar-refractivity contribution in [1.82, 2.24) is 9.78 Å². The summed E-state index contributed by atoms with van der Waals surface area (Å²) in [6, 6.07) is 14.6. The molecule has 0 saturated heterocycles. The maximum atomic E-state index is 11.6. The number of ether oxygens (including phenoxy) is 2. The minimum absolute atomic E-state index is 0.168. The number of carbonyl (C=O) groups excluding carboxylic acids is 1. The quantitative estimate of drug-likeness (QED) is 0.462. The van der Waals surface area contributed by atoms with Crippen LogP contribution in [0.2, 0.25) is 5.02 Å². The third-order valence-electron chi connectivity index (χ3n) is 4.37. The number of hydrogen-bond acceptors (Lipinski definition) is 5. The van der Waals surface area contributed by atoms with E-state index in [0.717, 1.165) is 11.1 Å². The van der Waals surface area contributed by atoms with Crippen LogP contribution in [0, 0.1) is 11.3 Å². The standard InChI is InChI=1S/C22H19ClN4O3/c1-29-19-7-6-15(10-20(19)30-2)21-17(9-16(11-24)22(25)28)13-27(26-21)12-14-4-3-5-18(23)8-14/h3-10,13H,12H2,1-2H3,(H2,25,28)/b16-9-. The molecule has 0 radical (unpaired) electrons. The summed E-state index contributed by atoms with van der Waals surface area (Å²) in [5.74, 6) is 0.301. The zero-order valence-electron chi connectivity index (χ0n) is 16.4. The largest absolute Gasteiger partial charge is 0.493 e. The molecule has 0 aliphatic carbocycles. The van der Waals surface area contributed by atoms with E-state index in [1.807, 2.05) is 30.3 Å². The molecule has 1 aromatic heterocycles. The molecule has 0 fully saturated rings. The molecule has 8 heteroatoms. The number of benzene rings is 2. The minimum Gasteiger partial charge on any atom is -0.493 e. The predicted molar refractivity (Wildman–Crippen MR) is 114 cm³/mol. The normalized spacial score (nSPS) is 11.1. The molecule has 0 atom stereocenters. The monoisotopic (exact) mass is 422 g/mol. The van der Waals surface area contributed by atoms with Crippen LogP contribution in [0.5, 0.6) is 11.5 Å². The van der Waals surface area contributed by atoms with Gasteiger partial charge in [-0.3, -0.25) is 9.48 Å². The average Bonchev–Trinajstić information content (AvgIpc) is 3.13. The smallest absolute Gasteiger partial charge is 0.259 e. The molecule has 1 heterocycles. The van der Waals surface area contributed by atoms with Crippen LogP contribution >= 0.6 is 11.6 Å². The molecule has 3 rings (SSSR count). The first kappa shape index (κ1) is 21.0. The van der Waals surface area contributed by atoms with Gasteiger partial charge in [0, 0.05) is 22.3 Å². The first-order chi connectivity index (χ1) is 14.4. The Morgan fingerprint density at radius 1 is 1.23 bits per heavy atom. The lowest BCUT2D eigenvalue weighted by molar-refractivity contribution is -0.114. The van der Waals surface area contributed by atoms with E-state index >= 15 is 0 Å². The van der Waals surface area contributed by atoms with Crippen molar-refractivity contribution in [2.75, 3.05) is 14.2 Å². The van der Waals surface area contributed by atoms with Crippen molar-refractivity contribution in [3.05, 3.63) is 70.4 Å². The Morgan fingerprint density at radius 3 is 2.63 bits per heavy atom. The van der Waals surface area contributed by atoms with Gasteiger partial charge in [-0.25, -0.2) is 0 Å². The second-order valence-corrected chi connectivity index (χ2v) is 6.80. The van der Waals surface area contributed by atoms with E-state index in [1.54, 1.807) is 43.3 Å². The van der Waals surface area contributed by atoms with Crippen molar-refractivity contribution in [3.63, 3.8) is 0 Å². The van der Waals surface area contributed by atoms with Crippen molar-refractivity contribution in [1.29, 1.82) is 5.26 Å². The molecule has 3 aromatic rings. The summed E-state index contributed by atoms with van der Waals surface area (Å²) >= 11 is 6.08. The molecule has 0 aliphatic heterocycles. The lowest BCUT2D eigenvalue weighted by Gasteiger charge is -2.09. The van der Waals surface area contributed by atoms with E-state index < -0.39 is 5.91 Å². The topological polar surface area (TPSA) is 103 Å². The number of hydrogen-bond donors (Lipinski definition) is 1. The highest BCUT2D eigenvalue weighted by atomic mass is 35.5. The fraction of sp³-hybridized carbons (Fsp3) is 0.136. The van der Waals surface area contributed by atoms with Crippen LogP contribution in [0.25, 0.3) is 17.3 Å². The van der Waals surface area contributed by atoms with Crippen LogP contribution in [0.3, 0.4) is 0 Å². The summed E-state index contributed by atoms with van der Waals surface area (Å²) in [6.07, 6.45) is 3.17. The molecule has 0 bridgehead atoms. The first-order valence-electron chi connectivity index (χ1n) is 8.91. The minimum atomic E-state index is -0.807. The van der Waals surface area contributed by atoms with Gasteiger partial charge < -0.3 is 15.2 Å². The average molecular weight is 423 g/mol. The maximum absolute atomic E-state index is 11.6. The van der Waals surface area contributed by atoms with E-state index in [9.17, 15) is 10.1 Å². The first-order valence-corrected chi connectivity index (χ1v) is 9.29. The fourth-order valence-electron chi connectivity index (χ4n) is 2.97.